The van der Waals surface area contributed by atoms with E-state index in [0.717, 1.165) is 33.4 Å². The first-order valence-corrected chi connectivity index (χ1v) is 8.36. The van der Waals surface area contributed by atoms with Gasteiger partial charge in [-0.1, -0.05) is 32.0 Å². The van der Waals surface area contributed by atoms with Crippen LogP contribution in [0.4, 0.5) is 17.3 Å². The molecule has 0 aliphatic carbocycles. The van der Waals surface area contributed by atoms with Crippen LogP contribution in [-0.2, 0) is 11.2 Å². The van der Waals surface area contributed by atoms with Crippen LogP contribution in [0.25, 0.3) is 10.9 Å². The minimum Gasteiger partial charge on any atom is -0.325 e. The fourth-order valence-electron chi connectivity index (χ4n) is 3.25. The molecule has 0 fully saturated rings. The van der Waals surface area contributed by atoms with Gasteiger partial charge in [0, 0.05) is 28.4 Å². The van der Waals surface area contributed by atoms with Gasteiger partial charge in [0.15, 0.2) is 0 Å². The summed E-state index contributed by atoms with van der Waals surface area (Å²) in [6, 6.07) is 12.0. The number of aryl methyl sites for hydroxylation is 1. The Hall–Kier alpha value is -2.95. The molecule has 0 saturated heterocycles. The van der Waals surface area contributed by atoms with Crippen LogP contribution in [0.5, 0.6) is 0 Å². The van der Waals surface area contributed by atoms with Crippen molar-refractivity contribution in [2.75, 3.05) is 10.6 Å². The molecule has 4 rings (SSSR count). The summed E-state index contributed by atoms with van der Waals surface area (Å²) in [4.78, 5) is 21.1. The molecule has 3 aromatic rings. The topological polar surface area (TPSA) is 66.9 Å². The minimum absolute atomic E-state index is 0.0710. The number of carbonyl (C=O) groups excluding carboxylic acids is 1. The lowest BCUT2D eigenvalue weighted by Crippen LogP contribution is -2.37. The smallest absolute Gasteiger partial charge is 0.230 e. The van der Waals surface area contributed by atoms with Crippen LogP contribution in [0.3, 0.4) is 0 Å². The third-order valence-corrected chi connectivity index (χ3v) is 4.65. The van der Waals surface area contributed by atoms with Gasteiger partial charge in [-0.25, -0.2) is 9.97 Å². The molecule has 1 amide bonds. The summed E-state index contributed by atoms with van der Waals surface area (Å²) in [5, 5.41) is 7.34. The van der Waals surface area contributed by atoms with Gasteiger partial charge in [0.25, 0.3) is 0 Å². The monoisotopic (exact) mass is 332 g/mol. The van der Waals surface area contributed by atoms with E-state index < -0.39 is 5.41 Å². The molecule has 1 aromatic heterocycles. The zero-order valence-corrected chi connectivity index (χ0v) is 14.6. The summed E-state index contributed by atoms with van der Waals surface area (Å²) >= 11 is 0. The molecule has 2 aromatic carbocycles. The number of aromatic nitrogens is 2. The first-order valence-electron chi connectivity index (χ1n) is 8.36. The third-order valence-electron chi connectivity index (χ3n) is 4.65. The number of hydrogen-bond acceptors (Lipinski definition) is 4. The Kier molecular flexibility index (Phi) is 3.46. The molecular weight excluding hydrogens is 312 g/mol. The highest BCUT2D eigenvalue weighted by molar-refractivity contribution is 5.99. The highest BCUT2D eigenvalue weighted by Gasteiger charge is 2.34. The van der Waals surface area contributed by atoms with Crippen molar-refractivity contribution in [1.82, 2.24) is 9.97 Å². The van der Waals surface area contributed by atoms with Crippen molar-refractivity contribution in [3.05, 3.63) is 53.7 Å². The van der Waals surface area contributed by atoms with E-state index in [1.807, 2.05) is 57.3 Å². The van der Waals surface area contributed by atoms with E-state index in [0.29, 0.717) is 12.4 Å². The van der Waals surface area contributed by atoms with Crippen LogP contribution < -0.4 is 10.6 Å². The predicted molar refractivity (Wildman–Crippen MR) is 100 cm³/mol. The van der Waals surface area contributed by atoms with Gasteiger partial charge in [-0.2, -0.15) is 0 Å². The second-order valence-electron chi connectivity index (χ2n) is 7.22. The lowest BCUT2D eigenvalue weighted by atomic mass is 9.80. The number of amides is 1. The number of anilines is 3. The lowest BCUT2D eigenvalue weighted by Gasteiger charge is -2.31. The van der Waals surface area contributed by atoms with Crippen LogP contribution in [0.15, 0.2) is 42.6 Å². The minimum atomic E-state index is -0.405. The van der Waals surface area contributed by atoms with Crippen molar-refractivity contribution in [3.63, 3.8) is 0 Å². The molecule has 5 heteroatoms. The van der Waals surface area contributed by atoms with Gasteiger partial charge in [0.2, 0.25) is 11.9 Å². The number of nitrogens with zero attached hydrogens (tertiary/aromatic N) is 2. The highest BCUT2D eigenvalue weighted by Crippen LogP contribution is 2.37. The molecule has 1 aliphatic heterocycles. The number of fused-ring (bicyclic) bond motifs is 2. The molecular formula is C20H20N4O. The summed E-state index contributed by atoms with van der Waals surface area (Å²) in [5.41, 5.74) is 4.52. The van der Waals surface area contributed by atoms with Crippen LogP contribution in [0, 0.1) is 12.3 Å². The molecule has 0 spiro atoms. The Morgan fingerprint density at radius 3 is 2.84 bits per heavy atom. The fraction of sp³-hybridized carbons (Fsp3) is 0.250. The van der Waals surface area contributed by atoms with Gasteiger partial charge in [-0.05, 0) is 42.7 Å². The van der Waals surface area contributed by atoms with E-state index in [1.165, 1.54) is 0 Å². The summed E-state index contributed by atoms with van der Waals surface area (Å²) in [6.45, 7) is 5.93. The number of benzene rings is 2. The molecule has 25 heavy (non-hydrogen) atoms. The van der Waals surface area contributed by atoms with Gasteiger partial charge in [-0.15, -0.1) is 0 Å². The first kappa shape index (κ1) is 15.6. The zero-order valence-electron chi connectivity index (χ0n) is 14.6. The molecule has 2 heterocycles. The molecule has 0 unspecified atom stereocenters. The maximum Gasteiger partial charge on any atom is 0.230 e. The molecule has 126 valence electrons. The Morgan fingerprint density at radius 2 is 2.00 bits per heavy atom. The zero-order chi connectivity index (χ0) is 17.6. The van der Waals surface area contributed by atoms with E-state index in [2.05, 4.69) is 26.7 Å². The second kappa shape index (κ2) is 5.55. The normalized spacial score (nSPS) is 15.6. The molecule has 2 N–H and O–H groups in total. The van der Waals surface area contributed by atoms with Crippen molar-refractivity contribution in [1.29, 1.82) is 0 Å². The summed E-state index contributed by atoms with van der Waals surface area (Å²) in [7, 11) is 0. The number of para-hydroxylation sites is 1. The van der Waals surface area contributed by atoms with E-state index >= 15 is 0 Å². The summed E-state index contributed by atoms with van der Waals surface area (Å²) in [5.74, 6) is 0.638. The van der Waals surface area contributed by atoms with Crippen molar-refractivity contribution in [2.24, 2.45) is 5.41 Å². The molecule has 5 nitrogen and oxygen atoms in total. The third kappa shape index (κ3) is 2.82. The molecule has 0 saturated carbocycles. The van der Waals surface area contributed by atoms with Gasteiger partial charge in [0.05, 0.1) is 5.52 Å². The van der Waals surface area contributed by atoms with Crippen LogP contribution >= 0.6 is 0 Å². The Morgan fingerprint density at radius 1 is 1.20 bits per heavy atom. The second-order valence-corrected chi connectivity index (χ2v) is 7.22. The molecule has 0 radical (unpaired) electrons. The van der Waals surface area contributed by atoms with Gasteiger partial charge >= 0.3 is 0 Å². The molecule has 0 bridgehead atoms. The van der Waals surface area contributed by atoms with Crippen molar-refractivity contribution < 1.29 is 4.79 Å². The first-order chi connectivity index (χ1) is 11.9. The van der Waals surface area contributed by atoms with E-state index in [1.54, 1.807) is 0 Å². The van der Waals surface area contributed by atoms with Gasteiger partial charge < -0.3 is 10.6 Å². The SMILES string of the molecule is Cc1cc(Nc2ncc3ccccc3n2)cc2c1NC(=O)C(C)(C)C2. The largest absolute Gasteiger partial charge is 0.325 e. The fourth-order valence-corrected chi connectivity index (χ4v) is 3.25. The van der Waals surface area contributed by atoms with Crippen LogP contribution in [0.2, 0.25) is 0 Å². The maximum atomic E-state index is 12.2. The van der Waals surface area contributed by atoms with E-state index in [9.17, 15) is 4.79 Å². The average molecular weight is 332 g/mol. The highest BCUT2D eigenvalue weighted by atomic mass is 16.2. The number of rotatable bonds is 2. The molecule has 0 atom stereocenters. The maximum absolute atomic E-state index is 12.2. The average Bonchev–Trinajstić information content (AvgIpc) is 2.56. The van der Waals surface area contributed by atoms with Gasteiger partial charge in [-0.3, -0.25) is 4.79 Å². The van der Waals surface area contributed by atoms with Crippen molar-refractivity contribution >= 4 is 34.1 Å². The Labute approximate surface area is 146 Å². The number of carbonyl (C=O) groups is 1. The Balaban J connectivity index is 1.69. The van der Waals surface area contributed by atoms with Crippen LogP contribution in [0.1, 0.15) is 25.0 Å². The van der Waals surface area contributed by atoms with Gasteiger partial charge in [0.1, 0.15) is 0 Å². The van der Waals surface area contributed by atoms with Crippen molar-refractivity contribution in [3.8, 4) is 0 Å². The molecule has 1 aliphatic rings. The lowest BCUT2D eigenvalue weighted by molar-refractivity contribution is -0.124. The summed E-state index contributed by atoms with van der Waals surface area (Å²) in [6.07, 6.45) is 2.53. The van der Waals surface area contributed by atoms with Crippen molar-refractivity contribution in [2.45, 2.75) is 27.2 Å². The van der Waals surface area contributed by atoms with E-state index in [4.69, 9.17) is 0 Å². The number of hydrogen-bond donors (Lipinski definition) is 2. The Bertz CT molecular complexity index is 994. The number of nitrogens with one attached hydrogen (secondary N) is 2. The quantitative estimate of drug-likeness (QED) is 0.738. The van der Waals surface area contributed by atoms with E-state index in [-0.39, 0.29) is 5.91 Å². The predicted octanol–water partition coefficient (Wildman–Crippen LogP) is 4.20. The summed E-state index contributed by atoms with van der Waals surface area (Å²) < 4.78 is 0. The van der Waals surface area contributed by atoms with Crippen LogP contribution in [-0.4, -0.2) is 15.9 Å². The standard InChI is InChI=1S/C20H20N4O/c1-12-8-15(9-14-10-20(2,3)18(25)24-17(12)14)22-19-21-11-13-6-4-5-7-16(13)23-19/h4-9,11H,10H2,1-3H3,(H,24,25)(H,21,22,23).